The fourth-order valence-corrected chi connectivity index (χ4v) is 2.98. The van der Waals surface area contributed by atoms with Crippen LogP contribution >= 0.6 is 0 Å². The van der Waals surface area contributed by atoms with E-state index in [1.165, 1.54) is 29.5 Å². The van der Waals surface area contributed by atoms with E-state index >= 15 is 0 Å². The van der Waals surface area contributed by atoms with Crippen molar-refractivity contribution in [2.75, 3.05) is 6.54 Å². The molecule has 1 unspecified atom stereocenters. The van der Waals surface area contributed by atoms with Crippen LogP contribution in [0, 0.1) is 0 Å². The van der Waals surface area contributed by atoms with Crippen molar-refractivity contribution in [3.63, 3.8) is 0 Å². The van der Waals surface area contributed by atoms with Crippen LogP contribution in [0.1, 0.15) is 35.4 Å². The average molecular weight is 265 g/mol. The van der Waals surface area contributed by atoms with Crippen molar-refractivity contribution in [3.8, 4) is 5.75 Å². The third-order valence-corrected chi connectivity index (χ3v) is 4.18. The topological polar surface area (TPSA) is 21.3 Å². The molecule has 1 atom stereocenters. The molecule has 2 nitrogen and oxygen atoms in total. The van der Waals surface area contributed by atoms with Gasteiger partial charge < -0.3 is 10.1 Å². The highest BCUT2D eigenvalue weighted by molar-refractivity contribution is 5.42. The Hall–Kier alpha value is -1.80. The lowest BCUT2D eigenvalue weighted by Gasteiger charge is -2.27. The average Bonchev–Trinajstić information content (AvgIpc) is 3.31. The SMILES string of the molecule is c1cc(OC2CC2)cc(C2CNCc3ccccc32)c1. The molecule has 1 heterocycles. The molecule has 0 saturated heterocycles. The zero-order valence-corrected chi connectivity index (χ0v) is 11.5. The summed E-state index contributed by atoms with van der Waals surface area (Å²) < 4.78 is 5.92. The van der Waals surface area contributed by atoms with Gasteiger partial charge in [0, 0.05) is 19.0 Å². The Bertz CT molecular complexity index is 618. The number of rotatable bonds is 3. The minimum absolute atomic E-state index is 0.433. The molecule has 20 heavy (non-hydrogen) atoms. The lowest BCUT2D eigenvalue weighted by molar-refractivity contribution is 0.303. The van der Waals surface area contributed by atoms with Crippen LogP contribution in [-0.4, -0.2) is 12.6 Å². The molecule has 4 rings (SSSR count). The fraction of sp³-hybridized carbons (Fsp3) is 0.333. The zero-order valence-electron chi connectivity index (χ0n) is 11.5. The Morgan fingerprint density at radius 1 is 1.00 bits per heavy atom. The monoisotopic (exact) mass is 265 g/mol. The summed E-state index contributed by atoms with van der Waals surface area (Å²) in [6.07, 6.45) is 2.87. The first-order valence-electron chi connectivity index (χ1n) is 7.45. The van der Waals surface area contributed by atoms with Gasteiger partial charge in [-0.05, 0) is 41.7 Å². The lowest BCUT2D eigenvalue weighted by Crippen LogP contribution is -2.28. The van der Waals surface area contributed by atoms with E-state index in [-0.39, 0.29) is 0 Å². The first-order valence-corrected chi connectivity index (χ1v) is 7.45. The second-order valence-electron chi connectivity index (χ2n) is 5.77. The normalized spacial score (nSPS) is 21.3. The Balaban J connectivity index is 1.67. The molecule has 0 aromatic heterocycles. The maximum absolute atomic E-state index is 5.92. The van der Waals surface area contributed by atoms with Crippen molar-refractivity contribution < 1.29 is 4.74 Å². The number of nitrogens with one attached hydrogen (secondary N) is 1. The van der Waals surface area contributed by atoms with E-state index in [1.807, 2.05) is 0 Å². The van der Waals surface area contributed by atoms with Gasteiger partial charge in [0.25, 0.3) is 0 Å². The molecule has 2 heteroatoms. The van der Waals surface area contributed by atoms with E-state index in [1.54, 1.807) is 0 Å². The van der Waals surface area contributed by atoms with Crippen molar-refractivity contribution >= 4 is 0 Å². The summed E-state index contributed by atoms with van der Waals surface area (Å²) in [6, 6.07) is 17.4. The predicted molar refractivity (Wildman–Crippen MR) is 80.1 cm³/mol. The zero-order chi connectivity index (χ0) is 13.4. The highest BCUT2D eigenvalue weighted by Gasteiger charge is 2.25. The summed E-state index contributed by atoms with van der Waals surface area (Å²) in [5.74, 6) is 1.45. The second kappa shape index (κ2) is 4.95. The van der Waals surface area contributed by atoms with E-state index < -0.39 is 0 Å². The highest BCUT2D eigenvalue weighted by Crippen LogP contribution is 2.33. The molecule has 1 saturated carbocycles. The van der Waals surface area contributed by atoms with Crippen LogP contribution in [0.2, 0.25) is 0 Å². The van der Waals surface area contributed by atoms with Gasteiger partial charge >= 0.3 is 0 Å². The van der Waals surface area contributed by atoms with E-state index in [4.69, 9.17) is 4.74 Å². The van der Waals surface area contributed by atoms with Gasteiger partial charge in [0.05, 0.1) is 6.10 Å². The first-order chi connectivity index (χ1) is 9.90. The summed E-state index contributed by atoms with van der Waals surface area (Å²) in [4.78, 5) is 0. The third kappa shape index (κ3) is 2.32. The van der Waals surface area contributed by atoms with Gasteiger partial charge in [-0.1, -0.05) is 36.4 Å². The first kappa shape index (κ1) is 12.0. The smallest absolute Gasteiger partial charge is 0.120 e. The van der Waals surface area contributed by atoms with Crippen LogP contribution in [-0.2, 0) is 6.54 Å². The quantitative estimate of drug-likeness (QED) is 0.917. The number of ether oxygens (including phenoxy) is 1. The Kier molecular flexibility index (Phi) is 2.96. The number of hydrogen-bond donors (Lipinski definition) is 1. The van der Waals surface area contributed by atoms with Gasteiger partial charge in [-0.15, -0.1) is 0 Å². The van der Waals surface area contributed by atoms with Crippen LogP contribution in [0.15, 0.2) is 48.5 Å². The minimum atomic E-state index is 0.433. The van der Waals surface area contributed by atoms with Gasteiger partial charge in [0.15, 0.2) is 0 Å². The lowest BCUT2D eigenvalue weighted by atomic mass is 9.85. The highest BCUT2D eigenvalue weighted by atomic mass is 16.5. The molecular weight excluding hydrogens is 246 g/mol. The van der Waals surface area contributed by atoms with Gasteiger partial charge in [0.2, 0.25) is 0 Å². The molecule has 1 fully saturated rings. The maximum atomic E-state index is 5.92. The van der Waals surface area contributed by atoms with Crippen LogP contribution in [0.4, 0.5) is 0 Å². The van der Waals surface area contributed by atoms with Gasteiger partial charge in [-0.2, -0.15) is 0 Å². The van der Waals surface area contributed by atoms with Gasteiger partial charge in [0.1, 0.15) is 5.75 Å². The predicted octanol–water partition coefficient (Wildman–Crippen LogP) is 3.46. The molecule has 102 valence electrons. The molecule has 2 aliphatic rings. The van der Waals surface area contributed by atoms with Crippen molar-refractivity contribution in [2.24, 2.45) is 0 Å². The second-order valence-corrected chi connectivity index (χ2v) is 5.77. The van der Waals surface area contributed by atoms with Crippen LogP contribution in [0.3, 0.4) is 0 Å². The number of fused-ring (bicyclic) bond motifs is 1. The van der Waals surface area contributed by atoms with E-state index in [0.29, 0.717) is 12.0 Å². The maximum Gasteiger partial charge on any atom is 0.120 e. The van der Waals surface area contributed by atoms with Crippen LogP contribution in [0.25, 0.3) is 0 Å². The van der Waals surface area contributed by atoms with Crippen LogP contribution in [0.5, 0.6) is 5.75 Å². The Morgan fingerprint density at radius 2 is 1.90 bits per heavy atom. The van der Waals surface area contributed by atoms with Crippen LogP contribution < -0.4 is 10.1 Å². The van der Waals surface area contributed by atoms with Crippen molar-refractivity contribution in [3.05, 3.63) is 65.2 Å². The molecule has 0 spiro atoms. The fourth-order valence-electron chi connectivity index (χ4n) is 2.98. The summed E-state index contributed by atoms with van der Waals surface area (Å²) >= 11 is 0. The van der Waals surface area contributed by atoms with Gasteiger partial charge in [-0.3, -0.25) is 0 Å². The number of benzene rings is 2. The number of hydrogen-bond acceptors (Lipinski definition) is 2. The largest absolute Gasteiger partial charge is 0.490 e. The summed E-state index contributed by atoms with van der Waals surface area (Å²) in [5, 5.41) is 3.52. The standard InChI is InChI=1S/C18H19NO/c1-2-7-17-14(4-1)11-19-12-18(17)13-5-3-6-16(10-13)20-15-8-9-15/h1-7,10,15,18-19H,8-9,11-12H2. The van der Waals surface area contributed by atoms with E-state index in [0.717, 1.165) is 18.8 Å². The molecule has 0 bridgehead atoms. The minimum Gasteiger partial charge on any atom is -0.490 e. The third-order valence-electron chi connectivity index (χ3n) is 4.18. The summed E-state index contributed by atoms with van der Waals surface area (Å²) in [5.41, 5.74) is 4.22. The Morgan fingerprint density at radius 3 is 2.80 bits per heavy atom. The molecule has 0 amide bonds. The van der Waals surface area contributed by atoms with E-state index in [9.17, 15) is 0 Å². The van der Waals surface area contributed by atoms with Crippen molar-refractivity contribution in [2.45, 2.75) is 31.4 Å². The van der Waals surface area contributed by atoms with Gasteiger partial charge in [-0.25, -0.2) is 0 Å². The molecule has 2 aromatic rings. The summed E-state index contributed by atoms with van der Waals surface area (Å²) in [6.45, 7) is 1.98. The summed E-state index contributed by atoms with van der Waals surface area (Å²) in [7, 11) is 0. The molecule has 0 radical (unpaired) electrons. The van der Waals surface area contributed by atoms with E-state index in [2.05, 4.69) is 53.8 Å². The molecule has 1 N–H and O–H groups in total. The molecule has 1 aliphatic carbocycles. The molecular formula is C18H19NO. The molecule has 2 aromatic carbocycles. The molecule has 1 aliphatic heterocycles. The Labute approximate surface area is 119 Å². The van der Waals surface area contributed by atoms with Crippen molar-refractivity contribution in [1.82, 2.24) is 5.32 Å². The van der Waals surface area contributed by atoms with Crippen molar-refractivity contribution in [1.29, 1.82) is 0 Å².